The van der Waals surface area contributed by atoms with Crippen LogP contribution in [-0.2, 0) is 0 Å². The van der Waals surface area contributed by atoms with Crippen molar-refractivity contribution in [3.63, 3.8) is 0 Å². The zero-order valence-corrected chi connectivity index (χ0v) is 8.82. The van der Waals surface area contributed by atoms with Gasteiger partial charge >= 0.3 is 0 Å². The molecule has 0 aliphatic heterocycles. The molecule has 0 aliphatic rings. The van der Waals surface area contributed by atoms with Crippen LogP contribution in [0.4, 0.5) is 10.8 Å². The molecular formula is C9H10N4S. The van der Waals surface area contributed by atoms with Gasteiger partial charge < -0.3 is 4.90 Å². The molecule has 0 amide bonds. The molecule has 1 heterocycles. The fourth-order valence-electron chi connectivity index (χ4n) is 1.14. The molecule has 0 aliphatic carbocycles. The van der Waals surface area contributed by atoms with Gasteiger partial charge in [-0.2, -0.15) is 0 Å². The van der Waals surface area contributed by atoms with Crippen LogP contribution in [0.15, 0.2) is 24.3 Å². The van der Waals surface area contributed by atoms with E-state index >= 15 is 0 Å². The summed E-state index contributed by atoms with van der Waals surface area (Å²) < 4.78 is 3.73. The third-order valence-electron chi connectivity index (χ3n) is 2.00. The molecule has 2 aromatic rings. The standard InChI is InChI=1S/C9H10N4S/c1-7-3-5-8(6-4-7)13(2)9-10-11-12-14-9/h3-6H,1-2H3. The fraction of sp³-hybridized carbons (Fsp3) is 0.222. The van der Waals surface area contributed by atoms with Crippen LogP contribution < -0.4 is 4.90 Å². The minimum atomic E-state index is 0.800. The Balaban J connectivity index is 2.28. The number of nitrogens with zero attached hydrogens (tertiary/aromatic N) is 4. The minimum absolute atomic E-state index is 0.800. The topological polar surface area (TPSA) is 41.9 Å². The molecule has 0 fully saturated rings. The molecule has 0 saturated carbocycles. The molecule has 4 nitrogen and oxygen atoms in total. The van der Waals surface area contributed by atoms with E-state index in [1.807, 2.05) is 11.9 Å². The van der Waals surface area contributed by atoms with Gasteiger partial charge in [-0.1, -0.05) is 27.3 Å². The van der Waals surface area contributed by atoms with Crippen LogP contribution in [0.25, 0.3) is 0 Å². The van der Waals surface area contributed by atoms with E-state index in [1.54, 1.807) is 0 Å². The Hall–Kier alpha value is -1.49. The first-order chi connectivity index (χ1) is 6.77. The van der Waals surface area contributed by atoms with Crippen LogP contribution in [-0.4, -0.2) is 21.8 Å². The van der Waals surface area contributed by atoms with Gasteiger partial charge in [-0.15, -0.1) is 0 Å². The normalized spacial score (nSPS) is 10.1. The number of hydrogen-bond donors (Lipinski definition) is 0. The van der Waals surface area contributed by atoms with Crippen LogP contribution in [0.1, 0.15) is 5.56 Å². The second kappa shape index (κ2) is 3.71. The number of benzene rings is 1. The van der Waals surface area contributed by atoms with Gasteiger partial charge in [0.25, 0.3) is 0 Å². The van der Waals surface area contributed by atoms with Crippen LogP contribution in [0.2, 0.25) is 0 Å². The van der Waals surface area contributed by atoms with Crippen molar-refractivity contribution in [2.24, 2.45) is 0 Å². The Morgan fingerprint density at radius 3 is 2.50 bits per heavy atom. The number of hydrogen-bond acceptors (Lipinski definition) is 5. The predicted molar refractivity (Wildman–Crippen MR) is 56.9 cm³/mol. The van der Waals surface area contributed by atoms with Crippen LogP contribution in [0.3, 0.4) is 0 Å². The molecule has 1 aromatic heterocycles. The summed E-state index contributed by atoms with van der Waals surface area (Å²) in [6.07, 6.45) is 0. The summed E-state index contributed by atoms with van der Waals surface area (Å²) >= 11 is 1.28. The molecule has 0 radical (unpaired) electrons. The van der Waals surface area contributed by atoms with Crippen molar-refractivity contribution < 1.29 is 0 Å². The molecule has 72 valence electrons. The van der Waals surface area contributed by atoms with Gasteiger partial charge in [0.1, 0.15) is 0 Å². The van der Waals surface area contributed by atoms with Crippen LogP contribution in [0, 0.1) is 6.92 Å². The Bertz CT molecular complexity index is 395. The van der Waals surface area contributed by atoms with Crippen LogP contribution >= 0.6 is 11.5 Å². The van der Waals surface area contributed by atoms with Gasteiger partial charge in [0.15, 0.2) is 0 Å². The highest BCUT2D eigenvalue weighted by Gasteiger charge is 2.06. The second-order valence-corrected chi connectivity index (χ2v) is 3.75. The minimum Gasteiger partial charge on any atom is -0.318 e. The maximum absolute atomic E-state index is 3.90. The van der Waals surface area contributed by atoms with Gasteiger partial charge in [0, 0.05) is 24.3 Å². The molecule has 2 rings (SSSR count). The molecule has 0 atom stereocenters. The predicted octanol–water partition coefficient (Wildman–Crippen LogP) is 2.01. The first-order valence-corrected chi connectivity index (χ1v) is 5.00. The lowest BCUT2D eigenvalue weighted by Gasteiger charge is -2.14. The number of rotatable bonds is 2. The lowest BCUT2D eigenvalue weighted by atomic mass is 10.2. The maximum atomic E-state index is 3.90. The Kier molecular flexibility index (Phi) is 2.41. The molecule has 0 spiro atoms. The van der Waals surface area contributed by atoms with Gasteiger partial charge in [-0.25, -0.2) is 0 Å². The molecule has 0 N–H and O–H groups in total. The van der Waals surface area contributed by atoms with Crippen molar-refractivity contribution in [3.05, 3.63) is 29.8 Å². The molecule has 14 heavy (non-hydrogen) atoms. The SMILES string of the molecule is Cc1ccc(N(C)c2nnns2)cc1. The summed E-state index contributed by atoms with van der Waals surface area (Å²) in [6.45, 7) is 2.07. The monoisotopic (exact) mass is 206 g/mol. The summed E-state index contributed by atoms with van der Waals surface area (Å²) in [5.41, 5.74) is 2.34. The summed E-state index contributed by atoms with van der Waals surface area (Å²) in [5.74, 6) is 0. The zero-order valence-electron chi connectivity index (χ0n) is 8.01. The van der Waals surface area contributed by atoms with Crippen LogP contribution in [0.5, 0.6) is 0 Å². The van der Waals surface area contributed by atoms with Gasteiger partial charge in [-0.05, 0) is 24.3 Å². The van der Waals surface area contributed by atoms with E-state index in [-0.39, 0.29) is 0 Å². The maximum Gasteiger partial charge on any atom is 0.232 e. The zero-order chi connectivity index (χ0) is 9.97. The molecule has 0 bridgehead atoms. The highest BCUT2D eigenvalue weighted by molar-refractivity contribution is 7.09. The molecule has 0 saturated heterocycles. The lowest BCUT2D eigenvalue weighted by molar-refractivity contribution is 0.944. The van der Waals surface area contributed by atoms with Crippen molar-refractivity contribution >= 4 is 22.4 Å². The Labute approximate surface area is 86.4 Å². The van der Waals surface area contributed by atoms with E-state index < -0.39 is 0 Å². The number of anilines is 2. The Morgan fingerprint density at radius 2 is 1.93 bits per heavy atom. The van der Waals surface area contributed by atoms with Crippen molar-refractivity contribution in [2.75, 3.05) is 11.9 Å². The third kappa shape index (κ3) is 1.72. The highest BCUT2D eigenvalue weighted by Crippen LogP contribution is 2.22. The van der Waals surface area contributed by atoms with E-state index in [0.717, 1.165) is 10.8 Å². The summed E-state index contributed by atoms with van der Waals surface area (Å²) in [5, 5.41) is 8.26. The molecule has 1 aromatic carbocycles. The second-order valence-electron chi connectivity index (χ2n) is 3.04. The third-order valence-corrected chi connectivity index (χ3v) is 2.67. The summed E-state index contributed by atoms with van der Waals surface area (Å²) in [4.78, 5) is 1.96. The van der Waals surface area contributed by atoms with Gasteiger partial charge in [-0.3, -0.25) is 0 Å². The van der Waals surface area contributed by atoms with Crippen molar-refractivity contribution in [3.8, 4) is 0 Å². The largest absolute Gasteiger partial charge is 0.318 e. The summed E-state index contributed by atoms with van der Waals surface area (Å²) in [7, 11) is 1.95. The number of aromatic nitrogens is 3. The van der Waals surface area contributed by atoms with Crippen molar-refractivity contribution in [1.82, 2.24) is 14.8 Å². The van der Waals surface area contributed by atoms with E-state index in [9.17, 15) is 0 Å². The van der Waals surface area contributed by atoms with Gasteiger partial charge in [0.2, 0.25) is 5.13 Å². The average Bonchev–Trinajstić information content (AvgIpc) is 2.71. The Morgan fingerprint density at radius 1 is 1.21 bits per heavy atom. The highest BCUT2D eigenvalue weighted by atomic mass is 32.1. The van der Waals surface area contributed by atoms with Crippen molar-refractivity contribution in [2.45, 2.75) is 6.92 Å². The van der Waals surface area contributed by atoms with E-state index in [4.69, 9.17) is 0 Å². The number of aryl methyl sites for hydroxylation is 1. The fourth-order valence-corrected chi connectivity index (χ4v) is 1.58. The van der Waals surface area contributed by atoms with Crippen molar-refractivity contribution in [1.29, 1.82) is 0 Å². The van der Waals surface area contributed by atoms with E-state index in [1.165, 1.54) is 17.1 Å². The first-order valence-electron chi connectivity index (χ1n) is 4.23. The van der Waals surface area contributed by atoms with Gasteiger partial charge in [0.05, 0.1) is 0 Å². The van der Waals surface area contributed by atoms with E-state index in [2.05, 4.69) is 46.0 Å². The molecule has 5 heteroatoms. The molecular weight excluding hydrogens is 196 g/mol. The molecule has 0 unspecified atom stereocenters. The average molecular weight is 206 g/mol. The quantitative estimate of drug-likeness (QED) is 0.753. The smallest absolute Gasteiger partial charge is 0.232 e. The first kappa shape index (κ1) is 9.08. The van der Waals surface area contributed by atoms with E-state index in [0.29, 0.717) is 0 Å². The lowest BCUT2D eigenvalue weighted by Crippen LogP contribution is -2.08. The summed E-state index contributed by atoms with van der Waals surface area (Å²) in [6, 6.07) is 8.24.